The van der Waals surface area contributed by atoms with Crippen molar-refractivity contribution in [1.29, 1.82) is 0 Å². The van der Waals surface area contributed by atoms with E-state index in [9.17, 15) is 4.79 Å². The Morgan fingerprint density at radius 3 is 2.92 bits per heavy atom. The van der Waals surface area contributed by atoms with Crippen LogP contribution in [0.3, 0.4) is 0 Å². The summed E-state index contributed by atoms with van der Waals surface area (Å²) in [6.45, 7) is 4.14. The molecule has 1 aromatic heterocycles. The van der Waals surface area contributed by atoms with Crippen molar-refractivity contribution < 1.29 is 9.53 Å². The van der Waals surface area contributed by atoms with Gasteiger partial charge in [0.1, 0.15) is 5.75 Å². The first-order valence-electron chi connectivity index (χ1n) is 4.04. The van der Waals surface area contributed by atoms with Gasteiger partial charge in [-0.25, -0.2) is 0 Å². The number of hydrogen-bond acceptors (Lipinski definition) is 3. The molecule has 1 rings (SSSR count). The number of carbonyl (C=O) groups excluding carboxylic acids is 1. The molecule has 0 bridgehead atoms. The van der Waals surface area contributed by atoms with Gasteiger partial charge in [-0.3, -0.25) is 9.78 Å². The number of nitrogens with zero attached hydrogens (tertiary/aromatic N) is 1. The predicted molar refractivity (Wildman–Crippen MR) is 48.7 cm³/mol. The minimum atomic E-state index is -0.480. The molecular weight excluding hydrogens is 168 g/mol. The Bertz CT molecular complexity index is 323. The Morgan fingerprint density at radius 1 is 1.69 bits per heavy atom. The molecule has 1 amide bonds. The summed E-state index contributed by atoms with van der Waals surface area (Å²) in [5, 5.41) is 0. The van der Waals surface area contributed by atoms with Gasteiger partial charge in [-0.05, 0) is 19.9 Å². The molecule has 2 N–H and O–H groups in total. The fourth-order valence-electron chi connectivity index (χ4n) is 1.01. The molecule has 0 radical (unpaired) electrons. The summed E-state index contributed by atoms with van der Waals surface area (Å²) < 4.78 is 5.18. The third-order valence-electron chi connectivity index (χ3n) is 1.64. The SMILES string of the molecule is CCOc1cnc(C)c(C(N)=O)c1. The number of primary amides is 1. The number of ether oxygens (including phenoxy) is 1. The van der Waals surface area contributed by atoms with Crippen molar-refractivity contribution in [2.75, 3.05) is 6.61 Å². The second-order valence-corrected chi connectivity index (χ2v) is 2.60. The molecule has 1 heterocycles. The van der Waals surface area contributed by atoms with Crippen LogP contribution in [0.15, 0.2) is 12.3 Å². The summed E-state index contributed by atoms with van der Waals surface area (Å²) in [5.41, 5.74) is 6.17. The molecule has 0 saturated carbocycles. The highest BCUT2D eigenvalue weighted by Gasteiger charge is 2.07. The molecule has 0 aliphatic heterocycles. The van der Waals surface area contributed by atoms with Gasteiger partial charge in [0.05, 0.1) is 24.1 Å². The molecule has 0 atom stereocenters. The number of carbonyl (C=O) groups is 1. The van der Waals surface area contributed by atoms with Crippen molar-refractivity contribution >= 4 is 5.91 Å². The number of aromatic nitrogens is 1. The quantitative estimate of drug-likeness (QED) is 0.751. The van der Waals surface area contributed by atoms with E-state index in [0.717, 1.165) is 0 Å². The van der Waals surface area contributed by atoms with Gasteiger partial charge in [0.25, 0.3) is 5.91 Å². The fourth-order valence-corrected chi connectivity index (χ4v) is 1.01. The van der Waals surface area contributed by atoms with Crippen molar-refractivity contribution in [1.82, 2.24) is 4.98 Å². The van der Waals surface area contributed by atoms with Gasteiger partial charge in [-0.2, -0.15) is 0 Å². The topological polar surface area (TPSA) is 65.2 Å². The van der Waals surface area contributed by atoms with E-state index >= 15 is 0 Å². The van der Waals surface area contributed by atoms with Crippen molar-refractivity contribution in [3.05, 3.63) is 23.5 Å². The number of nitrogens with two attached hydrogens (primary N) is 1. The van der Waals surface area contributed by atoms with E-state index in [4.69, 9.17) is 10.5 Å². The number of hydrogen-bond donors (Lipinski definition) is 1. The second-order valence-electron chi connectivity index (χ2n) is 2.60. The van der Waals surface area contributed by atoms with Gasteiger partial charge >= 0.3 is 0 Å². The van der Waals surface area contributed by atoms with Gasteiger partial charge in [0.15, 0.2) is 0 Å². The number of aryl methyl sites for hydroxylation is 1. The van der Waals surface area contributed by atoms with Crippen LogP contribution in [0.2, 0.25) is 0 Å². The Morgan fingerprint density at radius 2 is 2.38 bits per heavy atom. The van der Waals surface area contributed by atoms with Crippen LogP contribution in [0.4, 0.5) is 0 Å². The molecule has 70 valence electrons. The third-order valence-corrected chi connectivity index (χ3v) is 1.64. The monoisotopic (exact) mass is 180 g/mol. The zero-order valence-electron chi connectivity index (χ0n) is 7.70. The molecule has 0 saturated heterocycles. The highest BCUT2D eigenvalue weighted by atomic mass is 16.5. The van der Waals surface area contributed by atoms with Crippen LogP contribution in [-0.4, -0.2) is 17.5 Å². The molecule has 0 aliphatic carbocycles. The average molecular weight is 180 g/mol. The summed E-state index contributed by atoms with van der Waals surface area (Å²) in [7, 11) is 0. The smallest absolute Gasteiger partial charge is 0.250 e. The van der Waals surface area contributed by atoms with Crippen LogP contribution in [0.25, 0.3) is 0 Å². The maximum Gasteiger partial charge on any atom is 0.250 e. The molecule has 4 nitrogen and oxygen atoms in total. The lowest BCUT2D eigenvalue weighted by Crippen LogP contribution is -2.13. The first-order valence-corrected chi connectivity index (χ1v) is 4.04. The molecular formula is C9H12N2O2. The second kappa shape index (κ2) is 3.89. The molecule has 4 heteroatoms. The lowest BCUT2D eigenvalue weighted by Gasteiger charge is -2.05. The zero-order valence-corrected chi connectivity index (χ0v) is 7.70. The Kier molecular flexibility index (Phi) is 2.84. The molecule has 13 heavy (non-hydrogen) atoms. The minimum absolute atomic E-state index is 0.408. The highest BCUT2D eigenvalue weighted by molar-refractivity contribution is 5.94. The van der Waals surface area contributed by atoms with Crippen LogP contribution in [0.1, 0.15) is 23.0 Å². The number of rotatable bonds is 3. The lowest BCUT2D eigenvalue weighted by molar-refractivity contribution is 0.0999. The van der Waals surface area contributed by atoms with Crippen LogP contribution in [-0.2, 0) is 0 Å². The van der Waals surface area contributed by atoms with Crippen LogP contribution in [0, 0.1) is 6.92 Å². The summed E-state index contributed by atoms with van der Waals surface area (Å²) in [4.78, 5) is 14.9. The van der Waals surface area contributed by atoms with Crippen LogP contribution >= 0.6 is 0 Å². The summed E-state index contributed by atoms with van der Waals surface area (Å²) >= 11 is 0. The molecule has 0 fully saturated rings. The zero-order chi connectivity index (χ0) is 9.84. The first kappa shape index (κ1) is 9.51. The standard InChI is InChI=1S/C9H12N2O2/c1-3-13-7-4-8(9(10)12)6(2)11-5-7/h4-5H,3H2,1-2H3,(H2,10,12). The van der Waals surface area contributed by atoms with E-state index in [1.54, 1.807) is 19.2 Å². The lowest BCUT2D eigenvalue weighted by atomic mass is 10.2. The van der Waals surface area contributed by atoms with Crippen LogP contribution < -0.4 is 10.5 Å². The van der Waals surface area contributed by atoms with E-state index in [0.29, 0.717) is 23.6 Å². The van der Waals surface area contributed by atoms with Crippen LogP contribution in [0.5, 0.6) is 5.75 Å². The Hall–Kier alpha value is -1.58. The van der Waals surface area contributed by atoms with E-state index in [2.05, 4.69) is 4.98 Å². The normalized spacial score (nSPS) is 9.69. The summed E-state index contributed by atoms with van der Waals surface area (Å²) in [6.07, 6.45) is 1.57. The van der Waals surface area contributed by atoms with E-state index < -0.39 is 5.91 Å². The molecule has 0 aromatic carbocycles. The maximum atomic E-state index is 10.9. The van der Waals surface area contributed by atoms with Gasteiger partial charge in [-0.1, -0.05) is 0 Å². The van der Waals surface area contributed by atoms with Gasteiger partial charge in [0.2, 0.25) is 0 Å². The maximum absolute atomic E-state index is 10.9. The Labute approximate surface area is 76.7 Å². The largest absolute Gasteiger partial charge is 0.492 e. The first-order chi connectivity index (χ1) is 6.15. The highest BCUT2D eigenvalue weighted by Crippen LogP contribution is 2.13. The molecule has 1 aromatic rings. The van der Waals surface area contributed by atoms with Crippen molar-refractivity contribution in [2.45, 2.75) is 13.8 Å². The van der Waals surface area contributed by atoms with Crippen molar-refractivity contribution in [2.24, 2.45) is 5.73 Å². The summed E-state index contributed by atoms with van der Waals surface area (Å²) in [6, 6.07) is 1.61. The molecule has 0 spiro atoms. The van der Waals surface area contributed by atoms with Gasteiger partial charge in [0, 0.05) is 0 Å². The molecule has 0 unspecified atom stereocenters. The van der Waals surface area contributed by atoms with Crippen molar-refractivity contribution in [3.63, 3.8) is 0 Å². The fraction of sp³-hybridized carbons (Fsp3) is 0.333. The number of pyridine rings is 1. The van der Waals surface area contributed by atoms with E-state index in [1.165, 1.54) is 0 Å². The summed E-state index contributed by atoms with van der Waals surface area (Å²) in [5.74, 6) is 0.0912. The van der Waals surface area contributed by atoms with Crippen molar-refractivity contribution in [3.8, 4) is 5.75 Å². The molecule has 0 aliphatic rings. The van der Waals surface area contributed by atoms with Gasteiger partial charge in [-0.15, -0.1) is 0 Å². The van der Waals surface area contributed by atoms with E-state index in [1.807, 2.05) is 6.92 Å². The third kappa shape index (κ3) is 2.18. The van der Waals surface area contributed by atoms with E-state index in [-0.39, 0.29) is 0 Å². The average Bonchev–Trinajstić information content (AvgIpc) is 2.08. The Balaban J connectivity index is 3.04. The number of amides is 1. The van der Waals surface area contributed by atoms with Gasteiger partial charge < -0.3 is 10.5 Å². The minimum Gasteiger partial charge on any atom is -0.492 e. The predicted octanol–water partition coefficient (Wildman–Crippen LogP) is 0.888.